The van der Waals surface area contributed by atoms with E-state index in [9.17, 15) is 9.59 Å². The predicted octanol–water partition coefficient (Wildman–Crippen LogP) is -0.381. The number of carbonyl (C=O) groups is 2. The molecule has 4 nitrogen and oxygen atoms in total. The second-order valence-electron chi connectivity index (χ2n) is 3.48. The number of rotatable bonds is 0. The van der Waals surface area contributed by atoms with Crippen LogP contribution in [-0.4, -0.2) is 30.3 Å². The van der Waals surface area contributed by atoms with E-state index < -0.39 is 5.54 Å². The van der Waals surface area contributed by atoms with Crippen molar-refractivity contribution in [2.75, 3.05) is 13.1 Å². The average Bonchev–Trinajstić information content (AvgIpc) is 2.29. The number of hydrogen-bond donors (Lipinski definition) is 2. The molecule has 0 aromatic heterocycles. The van der Waals surface area contributed by atoms with Gasteiger partial charge in [-0.25, -0.2) is 0 Å². The molecule has 2 saturated heterocycles. The Bertz CT molecular complexity index is 236. The van der Waals surface area contributed by atoms with E-state index in [1.54, 1.807) is 0 Å². The van der Waals surface area contributed by atoms with Crippen LogP contribution in [0.25, 0.3) is 0 Å². The van der Waals surface area contributed by atoms with Crippen LogP contribution < -0.4 is 10.6 Å². The van der Waals surface area contributed by atoms with Gasteiger partial charge in [-0.2, -0.15) is 0 Å². The topological polar surface area (TPSA) is 58.2 Å². The molecule has 5 heteroatoms. The summed E-state index contributed by atoms with van der Waals surface area (Å²) in [5.74, 6) is -0.0316. The average molecular weight is 205 g/mol. The molecule has 0 radical (unpaired) electrons. The lowest BCUT2D eigenvalue weighted by atomic mass is 9.86. The standard InChI is InChI=1S/C8H12N2O2.ClH/c11-6-5-7(12)10-8(6)1-3-9-4-2-8;/h9H,1-5H2,(H,10,12);1H. The van der Waals surface area contributed by atoms with E-state index in [0.717, 1.165) is 25.9 Å². The Kier molecular flexibility index (Phi) is 2.93. The van der Waals surface area contributed by atoms with Crippen molar-refractivity contribution < 1.29 is 9.59 Å². The first kappa shape index (κ1) is 10.5. The number of halogens is 1. The lowest BCUT2D eigenvalue weighted by Gasteiger charge is -2.31. The van der Waals surface area contributed by atoms with Gasteiger partial charge in [-0.15, -0.1) is 12.4 Å². The van der Waals surface area contributed by atoms with Crippen molar-refractivity contribution in [2.24, 2.45) is 0 Å². The highest BCUT2D eigenvalue weighted by Gasteiger charge is 2.45. The van der Waals surface area contributed by atoms with Crippen LogP contribution in [-0.2, 0) is 9.59 Å². The zero-order chi connectivity index (χ0) is 8.60. The SMILES string of the molecule is Cl.O=C1CC(=O)C2(CCNCC2)N1. The molecule has 13 heavy (non-hydrogen) atoms. The fourth-order valence-electron chi connectivity index (χ4n) is 1.95. The van der Waals surface area contributed by atoms with Gasteiger partial charge >= 0.3 is 0 Å². The predicted molar refractivity (Wildman–Crippen MR) is 49.8 cm³/mol. The summed E-state index contributed by atoms with van der Waals surface area (Å²) >= 11 is 0. The number of hydrogen-bond acceptors (Lipinski definition) is 3. The smallest absolute Gasteiger partial charge is 0.228 e. The minimum Gasteiger partial charge on any atom is -0.343 e. The molecule has 1 amide bonds. The van der Waals surface area contributed by atoms with Crippen LogP contribution in [0, 0.1) is 0 Å². The quantitative estimate of drug-likeness (QED) is 0.529. The van der Waals surface area contributed by atoms with Gasteiger partial charge in [-0.1, -0.05) is 0 Å². The second-order valence-corrected chi connectivity index (χ2v) is 3.48. The molecule has 0 aromatic carbocycles. The van der Waals surface area contributed by atoms with Gasteiger partial charge in [0, 0.05) is 0 Å². The first-order chi connectivity index (χ1) is 5.73. The largest absolute Gasteiger partial charge is 0.343 e. The molecule has 2 rings (SSSR count). The molecular formula is C8H13ClN2O2. The Labute approximate surface area is 82.9 Å². The molecule has 2 N–H and O–H groups in total. The van der Waals surface area contributed by atoms with Gasteiger partial charge in [0.2, 0.25) is 5.91 Å². The van der Waals surface area contributed by atoms with E-state index in [1.807, 2.05) is 0 Å². The van der Waals surface area contributed by atoms with E-state index in [4.69, 9.17) is 0 Å². The molecule has 0 aromatic rings. The Morgan fingerprint density at radius 1 is 1.15 bits per heavy atom. The molecule has 0 saturated carbocycles. The zero-order valence-corrected chi connectivity index (χ0v) is 8.08. The van der Waals surface area contributed by atoms with Crippen LogP contribution in [0.3, 0.4) is 0 Å². The van der Waals surface area contributed by atoms with Crippen LogP contribution >= 0.6 is 12.4 Å². The van der Waals surface area contributed by atoms with Gasteiger partial charge in [0.25, 0.3) is 0 Å². The Morgan fingerprint density at radius 3 is 2.23 bits per heavy atom. The van der Waals surface area contributed by atoms with E-state index in [1.165, 1.54) is 0 Å². The molecular weight excluding hydrogens is 192 g/mol. The third-order valence-corrected chi connectivity index (χ3v) is 2.69. The minimum atomic E-state index is -0.498. The molecule has 2 fully saturated rings. The summed E-state index contributed by atoms with van der Waals surface area (Å²) in [5.41, 5.74) is -0.498. The first-order valence-corrected chi connectivity index (χ1v) is 4.28. The third kappa shape index (κ3) is 1.69. The molecule has 0 unspecified atom stereocenters. The van der Waals surface area contributed by atoms with Crippen LogP contribution in [0.1, 0.15) is 19.3 Å². The molecule has 2 aliphatic heterocycles. The van der Waals surface area contributed by atoms with Gasteiger partial charge < -0.3 is 10.6 Å². The van der Waals surface area contributed by atoms with Crippen molar-refractivity contribution >= 4 is 24.1 Å². The highest BCUT2D eigenvalue weighted by Crippen LogP contribution is 2.25. The molecule has 74 valence electrons. The summed E-state index contributed by atoms with van der Waals surface area (Å²) in [6, 6.07) is 0. The maximum atomic E-state index is 11.5. The summed E-state index contributed by atoms with van der Waals surface area (Å²) in [5, 5.41) is 5.96. The van der Waals surface area contributed by atoms with Crippen molar-refractivity contribution in [1.82, 2.24) is 10.6 Å². The summed E-state index contributed by atoms with van der Waals surface area (Å²) in [7, 11) is 0. The Balaban J connectivity index is 0.000000845. The Morgan fingerprint density at radius 2 is 1.77 bits per heavy atom. The summed E-state index contributed by atoms with van der Waals surface area (Å²) in [4.78, 5) is 22.4. The van der Waals surface area contributed by atoms with Crippen LogP contribution in [0.15, 0.2) is 0 Å². The van der Waals surface area contributed by atoms with Crippen molar-refractivity contribution in [1.29, 1.82) is 0 Å². The first-order valence-electron chi connectivity index (χ1n) is 4.28. The van der Waals surface area contributed by atoms with Crippen LogP contribution in [0.4, 0.5) is 0 Å². The number of ketones is 1. The Hall–Kier alpha value is -0.610. The van der Waals surface area contributed by atoms with E-state index in [2.05, 4.69) is 10.6 Å². The molecule has 0 aliphatic carbocycles. The van der Waals surface area contributed by atoms with Gasteiger partial charge in [0.05, 0.1) is 6.42 Å². The lowest BCUT2D eigenvalue weighted by Crippen LogP contribution is -2.53. The van der Waals surface area contributed by atoms with Gasteiger partial charge in [-0.05, 0) is 25.9 Å². The normalized spacial score (nSPS) is 25.5. The number of piperidine rings is 1. The fourth-order valence-corrected chi connectivity index (χ4v) is 1.95. The van der Waals surface area contributed by atoms with E-state index >= 15 is 0 Å². The maximum Gasteiger partial charge on any atom is 0.228 e. The summed E-state index contributed by atoms with van der Waals surface area (Å²) in [6.07, 6.45) is 1.58. The van der Waals surface area contributed by atoms with Gasteiger partial charge in [-0.3, -0.25) is 9.59 Å². The van der Waals surface area contributed by atoms with Crippen LogP contribution in [0.2, 0.25) is 0 Å². The van der Waals surface area contributed by atoms with Crippen molar-refractivity contribution in [2.45, 2.75) is 24.8 Å². The second kappa shape index (κ2) is 3.64. The monoisotopic (exact) mass is 204 g/mol. The summed E-state index contributed by atoms with van der Waals surface area (Å²) in [6.45, 7) is 1.65. The number of amides is 1. The highest BCUT2D eigenvalue weighted by atomic mass is 35.5. The number of carbonyl (C=O) groups excluding carboxylic acids is 2. The van der Waals surface area contributed by atoms with E-state index in [0.29, 0.717) is 0 Å². The maximum absolute atomic E-state index is 11.5. The zero-order valence-electron chi connectivity index (χ0n) is 7.26. The van der Waals surface area contributed by atoms with Crippen molar-refractivity contribution in [3.8, 4) is 0 Å². The third-order valence-electron chi connectivity index (χ3n) is 2.69. The highest BCUT2D eigenvalue weighted by molar-refractivity contribution is 6.10. The molecule has 0 atom stereocenters. The van der Waals surface area contributed by atoms with Gasteiger partial charge in [0.15, 0.2) is 5.78 Å². The molecule has 2 heterocycles. The summed E-state index contributed by atoms with van der Waals surface area (Å²) < 4.78 is 0. The number of nitrogens with one attached hydrogen (secondary N) is 2. The van der Waals surface area contributed by atoms with Crippen molar-refractivity contribution in [3.63, 3.8) is 0 Å². The lowest BCUT2D eigenvalue weighted by molar-refractivity contribution is -0.123. The van der Waals surface area contributed by atoms with Crippen molar-refractivity contribution in [3.05, 3.63) is 0 Å². The molecule has 2 aliphatic rings. The molecule has 1 spiro atoms. The van der Waals surface area contributed by atoms with E-state index in [-0.39, 0.29) is 30.5 Å². The number of Topliss-reactive ketones (excluding diaryl/α,β-unsaturated/α-hetero) is 1. The van der Waals surface area contributed by atoms with Gasteiger partial charge in [0.1, 0.15) is 5.54 Å². The minimum absolute atomic E-state index is 0. The molecule has 0 bridgehead atoms. The fraction of sp³-hybridized carbons (Fsp3) is 0.750. The van der Waals surface area contributed by atoms with Crippen LogP contribution in [0.5, 0.6) is 0 Å².